The zero-order valence-corrected chi connectivity index (χ0v) is 17.4. The quantitative estimate of drug-likeness (QED) is 0.547. The van der Waals surface area contributed by atoms with Crippen LogP contribution in [0.4, 0.5) is 5.69 Å². The van der Waals surface area contributed by atoms with Crippen LogP contribution in [0.2, 0.25) is 0 Å². The van der Waals surface area contributed by atoms with Crippen molar-refractivity contribution >= 4 is 40.2 Å². The number of nitrogens with zero attached hydrogens (tertiary/aromatic N) is 1. The van der Waals surface area contributed by atoms with Crippen molar-refractivity contribution in [3.8, 4) is 11.5 Å². The first-order valence-corrected chi connectivity index (χ1v) is 10.8. The zero-order chi connectivity index (χ0) is 20.2. The van der Waals surface area contributed by atoms with E-state index in [9.17, 15) is 9.59 Å². The molecule has 0 atom stereocenters. The molecule has 1 aliphatic rings. The Labute approximate surface area is 176 Å². The Morgan fingerprint density at radius 2 is 1.90 bits per heavy atom. The molecular formula is C21H19NO5S2. The molecule has 3 aromatic rings. The molecule has 1 aromatic carbocycles. The molecule has 0 saturated heterocycles. The molecule has 0 N–H and O–H groups in total. The van der Waals surface area contributed by atoms with E-state index in [4.69, 9.17) is 14.2 Å². The normalized spacial score (nSPS) is 12.4. The van der Waals surface area contributed by atoms with Crippen molar-refractivity contribution in [1.29, 1.82) is 0 Å². The predicted octanol–water partition coefficient (Wildman–Crippen LogP) is 4.28. The number of aryl methyl sites for hydroxylation is 1. The number of carbonyl (C=O) groups is 2. The standard InChI is InChI=1S/C21H19NO5S2/c1-14-6-10-29-20(14)21(24)27-13-19(23)22(12-16-3-2-9-28-16)15-4-5-17-18(11-15)26-8-7-25-17/h2-6,9-11H,7-8,12-13H2,1H3. The average molecular weight is 430 g/mol. The third kappa shape index (κ3) is 4.44. The van der Waals surface area contributed by atoms with Gasteiger partial charge in [-0.1, -0.05) is 6.07 Å². The molecule has 0 saturated carbocycles. The van der Waals surface area contributed by atoms with Crippen molar-refractivity contribution < 1.29 is 23.8 Å². The first-order chi connectivity index (χ1) is 14.1. The molecule has 4 rings (SSSR count). The maximum Gasteiger partial charge on any atom is 0.349 e. The lowest BCUT2D eigenvalue weighted by atomic mass is 10.2. The van der Waals surface area contributed by atoms with Gasteiger partial charge >= 0.3 is 5.97 Å². The Kier molecular flexibility index (Phi) is 5.82. The van der Waals surface area contributed by atoms with Gasteiger partial charge in [-0.2, -0.15) is 0 Å². The average Bonchev–Trinajstić information content (AvgIpc) is 3.41. The van der Waals surface area contributed by atoms with Crippen LogP contribution in [0.5, 0.6) is 11.5 Å². The predicted molar refractivity (Wildman–Crippen MR) is 112 cm³/mol. The molecule has 29 heavy (non-hydrogen) atoms. The number of thiophene rings is 2. The van der Waals surface area contributed by atoms with Gasteiger partial charge in [0.1, 0.15) is 18.1 Å². The molecule has 150 valence electrons. The molecule has 0 spiro atoms. The van der Waals surface area contributed by atoms with E-state index in [1.165, 1.54) is 11.3 Å². The van der Waals surface area contributed by atoms with Gasteiger partial charge in [0.15, 0.2) is 18.1 Å². The van der Waals surface area contributed by atoms with Gasteiger partial charge in [-0.3, -0.25) is 4.79 Å². The highest BCUT2D eigenvalue weighted by atomic mass is 32.1. The van der Waals surface area contributed by atoms with Crippen LogP contribution < -0.4 is 14.4 Å². The van der Waals surface area contributed by atoms with Crippen LogP contribution in [-0.4, -0.2) is 31.7 Å². The third-order valence-electron chi connectivity index (χ3n) is 4.41. The number of amides is 1. The van der Waals surface area contributed by atoms with E-state index in [0.29, 0.717) is 41.8 Å². The number of hydrogen-bond acceptors (Lipinski definition) is 7. The number of esters is 1. The molecule has 1 aliphatic heterocycles. The largest absolute Gasteiger partial charge is 0.486 e. The summed E-state index contributed by atoms with van der Waals surface area (Å²) in [6.07, 6.45) is 0. The molecule has 0 radical (unpaired) electrons. The highest BCUT2D eigenvalue weighted by Gasteiger charge is 2.22. The first kappa shape index (κ1) is 19.5. The van der Waals surface area contributed by atoms with Crippen LogP contribution in [0.1, 0.15) is 20.1 Å². The van der Waals surface area contributed by atoms with Gasteiger partial charge < -0.3 is 19.1 Å². The topological polar surface area (TPSA) is 65.1 Å². The minimum absolute atomic E-state index is 0.308. The van der Waals surface area contributed by atoms with Gasteiger partial charge in [-0.25, -0.2) is 4.79 Å². The molecule has 0 unspecified atom stereocenters. The van der Waals surface area contributed by atoms with Gasteiger partial charge in [-0.15, -0.1) is 22.7 Å². The summed E-state index contributed by atoms with van der Waals surface area (Å²) in [6, 6.07) is 11.1. The molecule has 0 fully saturated rings. The van der Waals surface area contributed by atoms with Gasteiger partial charge in [-0.05, 0) is 47.5 Å². The Hall–Kier alpha value is -2.84. The fourth-order valence-corrected chi connectivity index (χ4v) is 4.44. The van der Waals surface area contributed by atoms with E-state index < -0.39 is 5.97 Å². The molecular weight excluding hydrogens is 410 g/mol. The van der Waals surface area contributed by atoms with Crippen molar-refractivity contribution in [2.75, 3.05) is 24.7 Å². The van der Waals surface area contributed by atoms with Crippen LogP contribution in [0.15, 0.2) is 47.2 Å². The van der Waals surface area contributed by atoms with Crippen molar-refractivity contribution in [3.63, 3.8) is 0 Å². The fourth-order valence-electron chi connectivity index (χ4n) is 2.93. The highest BCUT2D eigenvalue weighted by molar-refractivity contribution is 7.12. The maximum atomic E-state index is 13.0. The summed E-state index contributed by atoms with van der Waals surface area (Å²) < 4.78 is 16.5. The van der Waals surface area contributed by atoms with E-state index in [1.54, 1.807) is 28.4 Å². The molecule has 0 bridgehead atoms. The van der Waals surface area contributed by atoms with Crippen molar-refractivity contribution in [2.45, 2.75) is 13.5 Å². The summed E-state index contributed by atoms with van der Waals surface area (Å²) in [7, 11) is 0. The maximum absolute atomic E-state index is 13.0. The molecule has 2 aromatic heterocycles. The van der Waals surface area contributed by atoms with Crippen LogP contribution in [0, 0.1) is 6.92 Å². The zero-order valence-electron chi connectivity index (χ0n) is 15.8. The summed E-state index contributed by atoms with van der Waals surface area (Å²) in [5, 5.41) is 3.79. The second kappa shape index (κ2) is 8.67. The van der Waals surface area contributed by atoms with Crippen molar-refractivity contribution in [1.82, 2.24) is 0 Å². The lowest BCUT2D eigenvalue weighted by molar-refractivity contribution is -0.121. The summed E-state index contributed by atoms with van der Waals surface area (Å²) >= 11 is 2.87. The Morgan fingerprint density at radius 1 is 1.07 bits per heavy atom. The molecule has 3 heterocycles. The smallest absolute Gasteiger partial charge is 0.349 e. The van der Waals surface area contributed by atoms with Gasteiger partial charge in [0.05, 0.1) is 6.54 Å². The van der Waals surface area contributed by atoms with Crippen LogP contribution in [-0.2, 0) is 16.1 Å². The van der Waals surface area contributed by atoms with E-state index in [0.717, 1.165) is 10.4 Å². The number of ether oxygens (including phenoxy) is 3. The van der Waals surface area contributed by atoms with Gasteiger partial charge in [0.25, 0.3) is 5.91 Å². The summed E-state index contributed by atoms with van der Waals surface area (Å²) in [6.45, 7) is 2.85. The van der Waals surface area contributed by atoms with Crippen molar-refractivity contribution in [3.05, 3.63) is 62.5 Å². The van der Waals surface area contributed by atoms with Crippen LogP contribution in [0.3, 0.4) is 0 Å². The van der Waals surface area contributed by atoms with E-state index in [1.807, 2.05) is 41.9 Å². The molecule has 8 heteroatoms. The van der Waals surface area contributed by atoms with E-state index >= 15 is 0 Å². The Morgan fingerprint density at radius 3 is 2.62 bits per heavy atom. The Balaban J connectivity index is 1.53. The minimum Gasteiger partial charge on any atom is -0.486 e. The number of carbonyl (C=O) groups excluding carboxylic acids is 2. The second-order valence-corrected chi connectivity index (χ2v) is 8.34. The van der Waals surface area contributed by atoms with Crippen molar-refractivity contribution in [2.24, 2.45) is 0 Å². The summed E-state index contributed by atoms with van der Waals surface area (Å²) in [5.41, 5.74) is 1.51. The van der Waals surface area contributed by atoms with Gasteiger partial charge in [0.2, 0.25) is 0 Å². The number of benzene rings is 1. The molecule has 0 aliphatic carbocycles. The summed E-state index contributed by atoms with van der Waals surface area (Å²) in [5.74, 6) is 0.466. The summed E-state index contributed by atoms with van der Waals surface area (Å²) in [4.78, 5) is 28.4. The van der Waals surface area contributed by atoms with E-state index in [2.05, 4.69) is 0 Å². The third-order valence-corrected chi connectivity index (χ3v) is 6.26. The highest BCUT2D eigenvalue weighted by Crippen LogP contribution is 2.34. The SMILES string of the molecule is Cc1ccsc1C(=O)OCC(=O)N(Cc1cccs1)c1ccc2c(c1)OCCO2. The number of hydrogen-bond donors (Lipinski definition) is 0. The fraction of sp³-hybridized carbons (Fsp3) is 0.238. The first-order valence-electron chi connectivity index (χ1n) is 9.05. The monoisotopic (exact) mass is 429 g/mol. The van der Waals surface area contributed by atoms with Gasteiger partial charge in [0, 0.05) is 16.6 Å². The van der Waals surface area contributed by atoms with E-state index in [-0.39, 0.29) is 12.5 Å². The number of rotatable bonds is 6. The van der Waals surface area contributed by atoms with Crippen LogP contribution >= 0.6 is 22.7 Å². The molecule has 1 amide bonds. The Bertz CT molecular complexity index is 1010. The van der Waals surface area contributed by atoms with Crippen LogP contribution in [0.25, 0.3) is 0 Å². The molecule has 6 nitrogen and oxygen atoms in total. The number of anilines is 1. The number of fused-ring (bicyclic) bond motifs is 1. The lowest BCUT2D eigenvalue weighted by Crippen LogP contribution is -2.34. The second-order valence-electron chi connectivity index (χ2n) is 6.40. The minimum atomic E-state index is -0.482. The lowest BCUT2D eigenvalue weighted by Gasteiger charge is -2.25.